The SMILES string of the molecule is c1ccc(-c2ccc3c(c2)c2ccc(-c4ccc5oc6cccc(-c7nc(-c8ccc9c(c8)sc8ccccc89)nc(-n8c9ccccc9c9ccccc98)n7)c6c5c4)cc2n3-c2ccccc2)cc1. The van der Waals surface area contributed by atoms with Gasteiger partial charge in [0, 0.05) is 69.3 Å². The van der Waals surface area contributed by atoms with Crippen molar-refractivity contribution in [2.75, 3.05) is 0 Å². The lowest BCUT2D eigenvalue weighted by Gasteiger charge is -2.11. The molecule has 5 heterocycles. The van der Waals surface area contributed by atoms with Crippen LogP contribution in [-0.2, 0) is 0 Å². The van der Waals surface area contributed by atoms with Crippen molar-refractivity contribution < 1.29 is 4.42 Å². The molecule has 0 aliphatic heterocycles. The van der Waals surface area contributed by atoms with E-state index in [4.69, 9.17) is 19.4 Å². The van der Waals surface area contributed by atoms with E-state index in [9.17, 15) is 0 Å². The number of para-hydroxylation sites is 3. The van der Waals surface area contributed by atoms with Crippen molar-refractivity contribution in [2.24, 2.45) is 0 Å². The lowest BCUT2D eigenvalue weighted by Crippen LogP contribution is -2.06. The molecule has 0 fully saturated rings. The highest BCUT2D eigenvalue weighted by molar-refractivity contribution is 7.25. The molecular weight excluding hydrogens is 875 g/mol. The van der Waals surface area contributed by atoms with Crippen LogP contribution < -0.4 is 0 Å². The van der Waals surface area contributed by atoms with Crippen LogP contribution in [0.15, 0.2) is 229 Å². The Hall–Kier alpha value is -9.17. The molecular formula is C63H37N5OS. The van der Waals surface area contributed by atoms with Gasteiger partial charge in [-0.3, -0.25) is 4.57 Å². The fourth-order valence-corrected chi connectivity index (χ4v) is 11.9. The Kier molecular flexibility index (Phi) is 8.43. The molecule has 0 saturated carbocycles. The van der Waals surface area contributed by atoms with E-state index in [1.54, 1.807) is 11.3 Å². The van der Waals surface area contributed by atoms with Crippen molar-refractivity contribution in [1.29, 1.82) is 0 Å². The topological polar surface area (TPSA) is 61.7 Å². The van der Waals surface area contributed by atoms with Gasteiger partial charge in [0.05, 0.1) is 22.1 Å². The normalized spacial score (nSPS) is 12.0. The molecule has 15 rings (SSSR count). The Balaban J connectivity index is 0.933. The number of hydrogen-bond acceptors (Lipinski definition) is 5. The van der Waals surface area contributed by atoms with Crippen LogP contribution in [0, 0.1) is 0 Å². The summed E-state index contributed by atoms with van der Waals surface area (Å²) >= 11 is 1.79. The largest absolute Gasteiger partial charge is 0.456 e. The Morgan fingerprint density at radius 1 is 0.329 bits per heavy atom. The summed E-state index contributed by atoms with van der Waals surface area (Å²) in [5.41, 5.74) is 13.4. The van der Waals surface area contributed by atoms with Crippen LogP contribution >= 0.6 is 11.3 Å². The monoisotopic (exact) mass is 911 g/mol. The molecule has 7 heteroatoms. The Labute approximate surface area is 404 Å². The number of nitrogens with zero attached hydrogens (tertiary/aromatic N) is 5. The molecule has 5 aromatic heterocycles. The zero-order valence-corrected chi connectivity index (χ0v) is 38.2. The smallest absolute Gasteiger partial charge is 0.238 e. The fraction of sp³-hybridized carbons (Fsp3) is 0. The van der Waals surface area contributed by atoms with Gasteiger partial charge in [-0.1, -0.05) is 152 Å². The molecule has 0 aliphatic carbocycles. The van der Waals surface area contributed by atoms with Crippen molar-refractivity contribution in [2.45, 2.75) is 0 Å². The Morgan fingerprint density at radius 3 is 1.76 bits per heavy atom. The van der Waals surface area contributed by atoms with E-state index >= 15 is 0 Å². The minimum absolute atomic E-state index is 0.553. The molecule has 0 radical (unpaired) electrons. The van der Waals surface area contributed by atoms with Crippen molar-refractivity contribution >= 4 is 97.1 Å². The first-order valence-corrected chi connectivity index (χ1v) is 24.3. The highest BCUT2D eigenvalue weighted by Gasteiger charge is 2.22. The average Bonchev–Trinajstić information content (AvgIpc) is 4.18. The van der Waals surface area contributed by atoms with E-state index in [1.807, 2.05) is 12.1 Å². The van der Waals surface area contributed by atoms with Crippen molar-refractivity contribution in [3.63, 3.8) is 0 Å². The maximum atomic E-state index is 6.67. The number of aromatic nitrogens is 5. The first-order valence-electron chi connectivity index (χ1n) is 23.5. The van der Waals surface area contributed by atoms with E-state index in [1.165, 1.54) is 47.6 Å². The highest BCUT2D eigenvalue weighted by Crippen LogP contribution is 2.42. The number of rotatable bonds is 6. The molecule has 6 nitrogen and oxygen atoms in total. The zero-order valence-electron chi connectivity index (χ0n) is 37.4. The van der Waals surface area contributed by atoms with Crippen LogP contribution in [0.1, 0.15) is 0 Å². The minimum Gasteiger partial charge on any atom is -0.456 e. The van der Waals surface area contributed by atoms with E-state index in [0.717, 1.165) is 77.2 Å². The number of fused-ring (bicyclic) bond motifs is 12. The highest BCUT2D eigenvalue weighted by atomic mass is 32.1. The minimum atomic E-state index is 0.553. The third-order valence-electron chi connectivity index (χ3n) is 14.0. The van der Waals surface area contributed by atoms with Crippen LogP contribution in [0.4, 0.5) is 0 Å². The van der Waals surface area contributed by atoms with Gasteiger partial charge in [-0.05, 0) is 95.1 Å². The summed E-state index contributed by atoms with van der Waals surface area (Å²) in [5.74, 6) is 1.72. The fourth-order valence-electron chi connectivity index (χ4n) is 10.8. The molecule has 0 saturated heterocycles. The molecule has 10 aromatic carbocycles. The van der Waals surface area contributed by atoms with Crippen molar-refractivity contribution in [3.05, 3.63) is 224 Å². The molecule has 326 valence electrons. The summed E-state index contributed by atoms with van der Waals surface area (Å²) in [5, 5.41) is 9.13. The van der Waals surface area contributed by atoms with Gasteiger partial charge in [0.25, 0.3) is 0 Å². The maximum absolute atomic E-state index is 6.67. The van der Waals surface area contributed by atoms with Gasteiger partial charge in [0.2, 0.25) is 5.95 Å². The Morgan fingerprint density at radius 2 is 0.929 bits per heavy atom. The molecule has 0 bridgehead atoms. The lowest BCUT2D eigenvalue weighted by atomic mass is 9.99. The lowest BCUT2D eigenvalue weighted by molar-refractivity contribution is 0.669. The van der Waals surface area contributed by atoms with Gasteiger partial charge in [0.15, 0.2) is 11.6 Å². The van der Waals surface area contributed by atoms with E-state index < -0.39 is 0 Å². The van der Waals surface area contributed by atoms with Crippen molar-refractivity contribution in [1.82, 2.24) is 24.1 Å². The van der Waals surface area contributed by atoms with Gasteiger partial charge in [-0.2, -0.15) is 9.97 Å². The molecule has 0 N–H and O–H groups in total. The summed E-state index contributed by atoms with van der Waals surface area (Å²) in [6.07, 6.45) is 0. The van der Waals surface area contributed by atoms with Crippen LogP contribution in [0.25, 0.3) is 142 Å². The van der Waals surface area contributed by atoms with Gasteiger partial charge < -0.3 is 8.98 Å². The first kappa shape index (κ1) is 38.9. The summed E-state index contributed by atoms with van der Waals surface area (Å²) in [6.45, 7) is 0. The predicted molar refractivity (Wildman–Crippen MR) is 290 cm³/mol. The van der Waals surface area contributed by atoms with Gasteiger partial charge in [0.1, 0.15) is 11.2 Å². The van der Waals surface area contributed by atoms with Crippen molar-refractivity contribution in [3.8, 4) is 56.7 Å². The predicted octanol–water partition coefficient (Wildman–Crippen LogP) is 17.0. The van der Waals surface area contributed by atoms with Gasteiger partial charge >= 0.3 is 0 Å². The number of hydrogen-bond donors (Lipinski definition) is 0. The molecule has 0 aliphatic rings. The summed E-state index contributed by atoms with van der Waals surface area (Å²) in [7, 11) is 0. The second-order valence-corrected chi connectivity index (χ2v) is 19.0. The molecule has 15 aromatic rings. The van der Waals surface area contributed by atoms with Crippen LogP contribution in [0.5, 0.6) is 0 Å². The van der Waals surface area contributed by atoms with Gasteiger partial charge in [-0.25, -0.2) is 4.98 Å². The van der Waals surface area contributed by atoms with E-state index in [-0.39, 0.29) is 0 Å². The third kappa shape index (κ3) is 5.95. The molecule has 70 heavy (non-hydrogen) atoms. The van der Waals surface area contributed by atoms with E-state index in [0.29, 0.717) is 17.6 Å². The average molecular weight is 912 g/mol. The maximum Gasteiger partial charge on any atom is 0.238 e. The molecule has 0 amide bonds. The van der Waals surface area contributed by atoms with Crippen LogP contribution in [0.3, 0.4) is 0 Å². The van der Waals surface area contributed by atoms with Gasteiger partial charge in [-0.15, -0.1) is 11.3 Å². The standard InChI is InChI=1S/C63H37N5OS/c1-3-14-38(15-4-1)39-28-32-54-50(34-39)46-30-26-41(36-55(46)67(54)43-16-5-2-6-17-43)40-29-33-56-51(35-40)60-49(21-13-24-57(60)69-56)62-64-61(42-27-31-48-47-20-9-12-25-58(47)70-59(48)37-42)65-63(66-62)68-52-22-10-7-18-44(52)45-19-8-11-23-53(45)68/h1-37H. The number of thiophene rings is 1. The van der Waals surface area contributed by atoms with Crippen LogP contribution in [0.2, 0.25) is 0 Å². The van der Waals surface area contributed by atoms with Crippen LogP contribution in [-0.4, -0.2) is 24.1 Å². The second-order valence-electron chi connectivity index (χ2n) is 18.0. The van der Waals surface area contributed by atoms with E-state index in [2.05, 4.69) is 221 Å². The molecule has 0 atom stereocenters. The zero-order chi connectivity index (χ0) is 45.9. The Bertz CT molecular complexity index is 4550. The number of furan rings is 1. The number of benzene rings is 10. The molecule has 0 unspecified atom stereocenters. The summed E-state index contributed by atoms with van der Waals surface area (Å²) in [4.78, 5) is 16.1. The molecule has 0 spiro atoms. The second kappa shape index (κ2) is 15.2. The quantitative estimate of drug-likeness (QED) is 0.167. The summed E-state index contributed by atoms with van der Waals surface area (Å²) < 4.78 is 13.7. The first-order chi connectivity index (χ1) is 34.7. The third-order valence-corrected chi connectivity index (χ3v) is 15.1. The summed E-state index contributed by atoms with van der Waals surface area (Å²) in [6, 6.07) is 79.8.